The second-order valence-electron chi connectivity index (χ2n) is 4.80. The molecule has 0 fully saturated rings. The molecule has 0 aliphatic carbocycles. The molecular formula is C10H24N5O+. The van der Waals surface area contributed by atoms with Crippen LogP contribution in [0.3, 0.4) is 0 Å². The summed E-state index contributed by atoms with van der Waals surface area (Å²) < 4.78 is 0.783. The summed E-state index contributed by atoms with van der Waals surface area (Å²) in [5, 5.41) is 3.18. The molecule has 0 heterocycles. The molecule has 16 heavy (non-hydrogen) atoms. The number of nitrogens with two attached hydrogens (primary N) is 2. The van der Waals surface area contributed by atoms with Crippen LogP contribution in [-0.2, 0) is 4.79 Å². The van der Waals surface area contributed by atoms with Gasteiger partial charge in [0.15, 0.2) is 0 Å². The molecule has 0 aromatic carbocycles. The van der Waals surface area contributed by atoms with Crippen LogP contribution < -0.4 is 16.8 Å². The number of likely N-dealkylation sites (N-methyl/N-ethyl adjacent to an activating group) is 1. The summed E-state index contributed by atoms with van der Waals surface area (Å²) in [7, 11) is 6.24. The number of hydrogen-bond donors (Lipinski definition) is 3. The van der Waals surface area contributed by atoms with Crippen molar-refractivity contribution in [2.24, 2.45) is 16.5 Å². The highest BCUT2D eigenvalue weighted by Crippen LogP contribution is 1.98. The number of primary amides is 1. The predicted octanol–water partition coefficient (Wildman–Crippen LogP) is -1.83. The van der Waals surface area contributed by atoms with Crippen molar-refractivity contribution < 1.29 is 9.28 Å². The Bertz CT molecular complexity index is 234. The van der Waals surface area contributed by atoms with E-state index in [9.17, 15) is 4.79 Å². The van der Waals surface area contributed by atoms with Crippen LogP contribution in [0.5, 0.6) is 0 Å². The Morgan fingerprint density at radius 2 is 2.12 bits per heavy atom. The standard InChI is InChI=1S/C10H23N5O/c1-15(2,3)8-9(6-13-5-4-11)14-7-10(12)16/h7,9,13H,4-6,8,11H2,1-3H3,(H-,12,16)/p+1. The van der Waals surface area contributed by atoms with Gasteiger partial charge in [0.2, 0.25) is 0 Å². The lowest BCUT2D eigenvalue weighted by Gasteiger charge is -2.27. The molecule has 0 aliphatic heterocycles. The first-order chi connectivity index (χ1) is 7.35. The third kappa shape index (κ3) is 9.57. The normalized spacial score (nSPS) is 14.2. The van der Waals surface area contributed by atoms with E-state index < -0.39 is 5.91 Å². The minimum Gasteiger partial charge on any atom is -0.365 e. The maximum absolute atomic E-state index is 10.6. The third-order valence-electron chi connectivity index (χ3n) is 1.87. The zero-order valence-corrected chi connectivity index (χ0v) is 10.4. The van der Waals surface area contributed by atoms with E-state index >= 15 is 0 Å². The van der Waals surface area contributed by atoms with E-state index in [1.165, 1.54) is 6.21 Å². The molecule has 0 spiro atoms. The van der Waals surface area contributed by atoms with Gasteiger partial charge in [-0.25, -0.2) is 0 Å². The van der Waals surface area contributed by atoms with Crippen LogP contribution in [0.15, 0.2) is 4.99 Å². The molecule has 0 radical (unpaired) electrons. The van der Waals surface area contributed by atoms with E-state index in [2.05, 4.69) is 31.5 Å². The maximum Gasteiger partial charge on any atom is 0.259 e. The van der Waals surface area contributed by atoms with Crippen molar-refractivity contribution in [1.82, 2.24) is 5.32 Å². The quantitative estimate of drug-likeness (QED) is 0.260. The van der Waals surface area contributed by atoms with Crippen molar-refractivity contribution in [3.63, 3.8) is 0 Å². The first kappa shape index (κ1) is 15.0. The van der Waals surface area contributed by atoms with Gasteiger partial charge in [-0.15, -0.1) is 0 Å². The number of amides is 1. The number of carbonyl (C=O) groups is 1. The van der Waals surface area contributed by atoms with Crippen LogP contribution in [0.1, 0.15) is 0 Å². The van der Waals surface area contributed by atoms with Crippen molar-refractivity contribution in [3.05, 3.63) is 0 Å². The van der Waals surface area contributed by atoms with Gasteiger partial charge in [-0.05, 0) is 0 Å². The lowest BCUT2D eigenvalue weighted by Crippen LogP contribution is -2.45. The number of nitrogens with zero attached hydrogens (tertiary/aromatic N) is 2. The molecule has 1 amide bonds. The average Bonchev–Trinajstić information content (AvgIpc) is 2.12. The Hall–Kier alpha value is -0.980. The molecule has 0 aromatic rings. The Labute approximate surface area is 97.3 Å². The molecule has 6 nitrogen and oxygen atoms in total. The van der Waals surface area contributed by atoms with Crippen LogP contribution in [0.25, 0.3) is 0 Å². The van der Waals surface area contributed by atoms with Crippen LogP contribution >= 0.6 is 0 Å². The average molecular weight is 230 g/mol. The molecule has 6 heteroatoms. The molecule has 94 valence electrons. The van der Waals surface area contributed by atoms with Crippen LogP contribution in [0, 0.1) is 0 Å². The summed E-state index contributed by atoms with van der Waals surface area (Å²) in [6, 6.07) is 0.0408. The van der Waals surface area contributed by atoms with Crippen LogP contribution in [-0.4, -0.2) is 70.0 Å². The monoisotopic (exact) mass is 230 g/mol. The summed E-state index contributed by atoms with van der Waals surface area (Å²) >= 11 is 0. The Morgan fingerprint density at radius 1 is 1.50 bits per heavy atom. The second-order valence-corrected chi connectivity index (χ2v) is 4.80. The van der Waals surface area contributed by atoms with Crippen molar-refractivity contribution in [2.45, 2.75) is 6.04 Å². The molecule has 5 N–H and O–H groups in total. The zero-order chi connectivity index (χ0) is 12.6. The van der Waals surface area contributed by atoms with Crippen molar-refractivity contribution >= 4 is 12.1 Å². The fourth-order valence-electron chi connectivity index (χ4n) is 1.35. The fourth-order valence-corrected chi connectivity index (χ4v) is 1.35. The number of rotatable bonds is 8. The van der Waals surface area contributed by atoms with Crippen LogP contribution in [0.2, 0.25) is 0 Å². The molecule has 0 bridgehead atoms. The number of hydrogen-bond acceptors (Lipinski definition) is 4. The molecular weight excluding hydrogens is 206 g/mol. The van der Waals surface area contributed by atoms with E-state index in [0.29, 0.717) is 13.1 Å². The highest BCUT2D eigenvalue weighted by Gasteiger charge is 2.16. The first-order valence-corrected chi connectivity index (χ1v) is 5.39. The van der Waals surface area contributed by atoms with E-state index in [1.807, 2.05) is 0 Å². The van der Waals surface area contributed by atoms with Gasteiger partial charge in [0.1, 0.15) is 12.6 Å². The minimum atomic E-state index is -0.509. The van der Waals surface area contributed by atoms with E-state index in [0.717, 1.165) is 17.6 Å². The van der Waals surface area contributed by atoms with E-state index in [4.69, 9.17) is 11.5 Å². The summed E-state index contributed by atoms with van der Waals surface area (Å²) in [5.41, 5.74) is 10.4. The molecule has 1 atom stereocenters. The number of carbonyl (C=O) groups excluding carboxylic acids is 1. The van der Waals surface area contributed by atoms with Gasteiger partial charge in [-0.2, -0.15) is 0 Å². The second kappa shape index (κ2) is 7.32. The topological polar surface area (TPSA) is 93.5 Å². The highest BCUT2D eigenvalue weighted by molar-refractivity contribution is 6.25. The van der Waals surface area contributed by atoms with Gasteiger partial charge in [0, 0.05) is 19.6 Å². The molecule has 0 saturated carbocycles. The summed E-state index contributed by atoms with van der Waals surface area (Å²) in [6.07, 6.45) is 1.18. The third-order valence-corrected chi connectivity index (χ3v) is 1.87. The lowest BCUT2D eigenvalue weighted by atomic mass is 10.2. The largest absolute Gasteiger partial charge is 0.365 e. The number of aliphatic imine (C=N–C) groups is 1. The predicted molar refractivity (Wildman–Crippen MR) is 66.3 cm³/mol. The maximum atomic E-state index is 10.6. The molecule has 1 unspecified atom stereocenters. The van der Waals surface area contributed by atoms with Gasteiger partial charge >= 0.3 is 0 Å². The van der Waals surface area contributed by atoms with E-state index in [-0.39, 0.29) is 6.04 Å². The van der Waals surface area contributed by atoms with Crippen molar-refractivity contribution in [1.29, 1.82) is 0 Å². The lowest BCUT2D eigenvalue weighted by molar-refractivity contribution is -0.871. The summed E-state index contributed by atoms with van der Waals surface area (Å²) in [5.74, 6) is -0.509. The molecule has 0 aliphatic rings. The fraction of sp³-hybridized carbons (Fsp3) is 0.800. The summed E-state index contributed by atoms with van der Waals surface area (Å²) in [6.45, 7) is 2.88. The number of quaternary nitrogens is 1. The van der Waals surface area contributed by atoms with Gasteiger partial charge < -0.3 is 21.3 Å². The Balaban J connectivity index is 4.21. The van der Waals surface area contributed by atoms with Crippen molar-refractivity contribution in [2.75, 3.05) is 47.3 Å². The summed E-state index contributed by atoms with van der Waals surface area (Å²) in [4.78, 5) is 14.8. The number of nitrogens with one attached hydrogen (secondary N) is 1. The van der Waals surface area contributed by atoms with E-state index in [1.54, 1.807) is 0 Å². The van der Waals surface area contributed by atoms with Gasteiger partial charge in [0.05, 0.1) is 27.4 Å². The molecule has 0 aromatic heterocycles. The Kier molecular flexibility index (Phi) is 6.87. The van der Waals surface area contributed by atoms with Gasteiger partial charge in [0.25, 0.3) is 5.91 Å². The minimum absolute atomic E-state index is 0.0408. The first-order valence-electron chi connectivity index (χ1n) is 5.39. The van der Waals surface area contributed by atoms with Gasteiger partial charge in [-0.3, -0.25) is 9.79 Å². The van der Waals surface area contributed by atoms with Gasteiger partial charge in [-0.1, -0.05) is 0 Å². The van der Waals surface area contributed by atoms with Crippen molar-refractivity contribution in [3.8, 4) is 0 Å². The highest BCUT2D eigenvalue weighted by atomic mass is 16.1. The Morgan fingerprint density at radius 3 is 2.56 bits per heavy atom. The van der Waals surface area contributed by atoms with Crippen LogP contribution in [0.4, 0.5) is 0 Å². The molecule has 0 saturated heterocycles. The molecule has 0 rings (SSSR count). The zero-order valence-electron chi connectivity index (χ0n) is 10.4. The SMILES string of the molecule is C[N+](C)(C)CC(CNCCN)N=CC(N)=O. The smallest absolute Gasteiger partial charge is 0.259 e.